The van der Waals surface area contributed by atoms with Gasteiger partial charge in [0.15, 0.2) is 0 Å². The van der Waals surface area contributed by atoms with E-state index in [1.54, 1.807) is 0 Å². The largest absolute Gasteiger partial charge is 0.307 e. The van der Waals surface area contributed by atoms with Crippen LogP contribution < -0.4 is 5.32 Å². The van der Waals surface area contributed by atoms with Crippen molar-refractivity contribution in [1.29, 1.82) is 0 Å². The fourth-order valence-electron chi connectivity index (χ4n) is 2.65. The smallest absolute Gasteiger partial charge is 0.0406 e. The molecular formula is C15H22ClN. The standard InChI is InChI=1S/C15H22ClN/c1-12(13-8-10-14(16)11-9-13)17-15-6-4-2-3-5-7-15/h8-12,15,17H,2-7H2,1H3. The summed E-state index contributed by atoms with van der Waals surface area (Å²) in [6, 6.07) is 9.32. The average Bonchev–Trinajstić information content (AvgIpc) is 2.58. The van der Waals surface area contributed by atoms with Gasteiger partial charge in [-0.15, -0.1) is 0 Å². The minimum absolute atomic E-state index is 0.426. The van der Waals surface area contributed by atoms with Gasteiger partial charge in [-0.2, -0.15) is 0 Å². The van der Waals surface area contributed by atoms with Gasteiger partial charge in [0, 0.05) is 17.1 Å². The molecule has 1 unspecified atom stereocenters. The maximum Gasteiger partial charge on any atom is 0.0406 e. The molecule has 0 bridgehead atoms. The van der Waals surface area contributed by atoms with Crippen molar-refractivity contribution in [3.05, 3.63) is 34.9 Å². The molecule has 0 aromatic heterocycles. The second-order valence-corrected chi connectivity index (χ2v) is 5.56. The number of hydrogen-bond donors (Lipinski definition) is 1. The van der Waals surface area contributed by atoms with Gasteiger partial charge in [-0.25, -0.2) is 0 Å². The van der Waals surface area contributed by atoms with E-state index in [1.165, 1.54) is 44.1 Å². The highest BCUT2D eigenvalue weighted by Crippen LogP contribution is 2.21. The second kappa shape index (κ2) is 6.42. The molecular weight excluding hydrogens is 230 g/mol. The van der Waals surface area contributed by atoms with Crippen LogP contribution in [0.4, 0.5) is 0 Å². The molecule has 1 saturated carbocycles. The van der Waals surface area contributed by atoms with Crippen molar-refractivity contribution in [2.75, 3.05) is 0 Å². The van der Waals surface area contributed by atoms with Gasteiger partial charge >= 0.3 is 0 Å². The zero-order valence-corrected chi connectivity index (χ0v) is 11.3. The van der Waals surface area contributed by atoms with E-state index < -0.39 is 0 Å². The maximum absolute atomic E-state index is 5.91. The highest BCUT2D eigenvalue weighted by molar-refractivity contribution is 6.30. The van der Waals surface area contributed by atoms with Gasteiger partial charge < -0.3 is 5.32 Å². The van der Waals surface area contributed by atoms with E-state index in [9.17, 15) is 0 Å². The van der Waals surface area contributed by atoms with Crippen molar-refractivity contribution < 1.29 is 0 Å². The van der Waals surface area contributed by atoms with Gasteiger partial charge in [0.05, 0.1) is 0 Å². The Bertz CT molecular complexity index is 325. The van der Waals surface area contributed by atoms with Crippen LogP contribution in [0.15, 0.2) is 24.3 Å². The minimum Gasteiger partial charge on any atom is -0.307 e. The lowest BCUT2D eigenvalue weighted by Gasteiger charge is -2.22. The molecule has 0 aliphatic heterocycles. The Morgan fingerprint density at radius 1 is 1.06 bits per heavy atom. The van der Waals surface area contributed by atoms with Gasteiger partial charge in [0.25, 0.3) is 0 Å². The number of hydrogen-bond acceptors (Lipinski definition) is 1. The monoisotopic (exact) mass is 251 g/mol. The lowest BCUT2D eigenvalue weighted by Crippen LogP contribution is -2.30. The van der Waals surface area contributed by atoms with Gasteiger partial charge in [0.2, 0.25) is 0 Å². The van der Waals surface area contributed by atoms with Crippen LogP contribution in [0, 0.1) is 0 Å². The molecule has 2 heteroatoms. The molecule has 1 atom stereocenters. The van der Waals surface area contributed by atoms with Crippen molar-refractivity contribution in [3.8, 4) is 0 Å². The predicted octanol–water partition coefficient (Wildman–Crippen LogP) is 4.71. The molecule has 0 heterocycles. The fourth-order valence-corrected chi connectivity index (χ4v) is 2.77. The lowest BCUT2D eigenvalue weighted by molar-refractivity contribution is 0.414. The molecule has 1 aromatic carbocycles. The van der Waals surface area contributed by atoms with Crippen molar-refractivity contribution in [3.63, 3.8) is 0 Å². The van der Waals surface area contributed by atoms with Crippen LogP contribution in [0.5, 0.6) is 0 Å². The highest BCUT2D eigenvalue weighted by Gasteiger charge is 2.15. The summed E-state index contributed by atoms with van der Waals surface area (Å²) in [5.41, 5.74) is 1.33. The summed E-state index contributed by atoms with van der Waals surface area (Å²) in [5, 5.41) is 4.57. The first kappa shape index (κ1) is 12.9. The predicted molar refractivity (Wildman–Crippen MR) is 74.5 cm³/mol. The summed E-state index contributed by atoms with van der Waals surface area (Å²) in [4.78, 5) is 0. The van der Waals surface area contributed by atoms with Gasteiger partial charge in [-0.05, 0) is 37.5 Å². The fraction of sp³-hybridized carbons (Fsp3) is 0.600. The van der Waals surface area contributed by atoms with Crippen LogP contribution in [-0.2, 0) is 0 Å². The number of rotatable bonds is 3. The maximum atomic E-state index is 5.91. The summed E-state index contributed by atoms with van der Waals surface area (Å²) in [7, 11) is 0. The Hall–Kier alpha value is -0.530. The van der Waals surface area contributed by atoms with E-state index in [2.05, 4.69) is 24.4 Å². The topological polar surface area (TPSA) is 12.0 Å². The Kier molecular flexibility index (Phi) is 4.87. The molecule has 1 aromatic rings. The summed E-state index contributed by atoms with van der Waals surface area (Å²) in [5.74, 6) is 0. The van der Waals surface area contributed by atoms with E-state index in [-0.39, 0.29) is 0 Å². The Balaban J connectivity index is 1.91. The van der Waals surface area contributed by atoms with E-state index in [1.807, 2.05) is 12.1 Å². The summed E-state index contributed by atoms with van der Waals surface area (Å²) in [6.07, 6.45) is 8.24. The first-order valence-electron chi connectivity index (χ1n) is 6.77. The first-order valence-corrected chi connectivity index (χ1v) is 7.15. The van der Waals surface area contributed by atoms with Crippen molar-refractivity contribution in [1.82, 2.24) is 5.32 Å². The molecule has 1 aliphatic rings. The number of benzene rings is 1. The van der Waals surface area contributed by atoms with Gasteiger partial charge in [-0.3, -0.25) is 0 Å². The third-order valence-corrected chi connectivity index (χ3v) is 3.96. The summed E-state index contributed by atoms with van der Waals surface area (Å²) >= 11 is 5.91. The number of halogens is 1. The van der Waals surface area contributed by atoms with Crippen molar-refractivity contribution in [2.24, 2.45) is 0 Å². The van der Waals surface area contributed by atoms with E-state index in [0.29, 0.717) is 12.1 Å². The molecule has 2 rings (SSSR count). The lowest BCUT2D eigenvalue weighted by atomic mass is 10.0. The molecule has 17 heavy (non-hydrogen) atoms. The summed E-state index contributed by atoms with van der Waals surface area (Å²) < 4.78 is 0. The van der Waals surface area contributed by atoms with Crippen LogP contribution in [0.25, 0.3) is 0 Å². The molecule has 1 N–H and O–H groups in total. The third kappa shape index (κ3) is 4.01. The van der Waals surface area contributed by atoms with E-state index in [4.69, 9.17) is 11.6 Å². The van der Waals surface area contributed by atoms with Gasteiger partial charge in [-0.1, -0.05) is 49.4 Å². The van der Waals surface area contributed by atoms with Crippen LogP contribution in [0.2, 0.25) is 5.02 Å². The molecule has 0 saturated heterocycles. The highest BCUT2D eigenvalue weighted by atomic mass is 35.5. The van der Waals surface area contributed by atoms with Crippen molar-refractivity contribution >= 4 is 11.6 Å². The molecule has 94 valence electrons. The quantitative estimate of drug-likeness (QED) is 0.767. The molecule has 0 radical (unpaired) electrons. The summed E-state index contributed by atoms with van der Waals surface area (Å²) in [6.45, 7) is 2.24. The zero-order chi connectivity index (χ0) is 12.1. The van der Waals surface area contributed by atoms with Gasteiger partial charge in [0.1, 0.15) is 0 Å². The Labute approximate surface area is 110 Å². The average molecular weight is 252 g/mol. The second-order valence-electron chi connectivity index (χ2n) is 5.13. The van der Waals surface area contributed by atoms with Crippen LogP contribution in [-0.4, -0.2) is 6.04 Å². The van der Waals surface area contributed by atoms with E-state index in [0.717, 1.165) is 5.02 Å². The van der Waals surface area contributed by atoms with Crippen LogP contribution in [0.3, 0.4) is 0 Å². The third-order valence-electron chi connectivity index (χ3n) is 3.71. The SMILES string of the molecule is CC(NC1CCCCCC1)c1ccc(Cl)cc1. The number of nitrogens with one attached hydrogen (secondary N) is 1. The van der Waals surface area contributed by atoms with E-state index >= 15 is 0 Å². The first-order chi connectivity index (χ1) is 8.25. The molecule has 1 fully saturated rings. The van der Waals surface area contributed by atoms with Crippen molar-refractivity contribution in [2.45, 2.75) is 57.5 Å². The zero-order valence-electron chi connectivity index (χ0n) is 10.6. The normalized spacial score (nSPS) is 19.9. The molecule has 1 nitrogen and oxygen atoms in total. The Morgan fingerprint density at radius 3 is 2.24 bits per heavy atom. The van der Waals surface area contributed by atoms with Crippen LogP contribution >= 0.6 is 11.6 Å². The molecule has 1 aliphatic carbocycles. The molecule has 0 spiro atoms. The van der Waals surface area contributed by atoms with Crippen LogP contribution in [0.1, 0.15) is 57.1 Å². The molecule has 0 amide bonds. The minimum atomic E-state index is 0.426. The Morgan fingerprint density at radius 2 is 1.65 bits per heavy atom.